The van der Waals surface area contributed by atoms with Crippen LogP contribution in [-0.4, -0.2) is 96.7 Å². The van der Waals surface area contributed by atoms with Crippen molar-refractivity contribution in [1.82, 2.24) is 0 Å². The second-order valence-corrected chi connectivity index (χ2v) is 28.3. The van der Waals surface area contributed by atoms with Gasteiger partial charge in [-0.1, -0.05) is 304 Å². The summed E-state index contributed by atoms with van der Waals surface area (Å²) in [7, 11) is -9.89. The molecule has 0 heterocycles. The van der Waals surface area contributed by atoms with E-state index in [0.717, 1.165) is 109 Å². The Morgan fingerprint density at radius 1 is 0.307 bits per heavy atom. The molecule has 0 aromatic rings. The van der Waals surface area contributed by atoms with Gasteiger partial charge in [0.2, 0.25) is 0 Å². The number of hydrogen-bond donors (Lipinski definition) is 3. The minimum Gasteiger partial charge on any atom is -0.462 e. The summed E-state index contributed by atoms with van der Waals surface area (Å²) in [6.07, 6.45) is 48.7. The molecule has 0 aromatic heterocycles. The fourth-order valence-corrected chi connectivity index (χ4v) is 12.0. The van der Waals surface area contributed by atoms with Gasteiger partial charge in [0, 0.05) is 25.7 Å². The first-order valence-electron chi connectivity index (χ1n) is 36.1. The van der Waals surface area contributed by atoms with Crippen molar-refractivity contribution in [3.05, 3.63) is 0 Å². The summed E-state index contributed by atoms with van der Waals surface area (Å²) >= 11 is 0. The van der Waals surface area contributed by atoms with Crippen LogP contribution < -0.4 is 0 Å². The van der Waals surface area contributed by atoms with Crippen molar-refractivity contribution in [2.24, 2.45) is 5.92 Å². The number of aliphatic hydroxyl groups is 1. The number of carbonyl (C=O) groups is 4. The second-order valence-electron chi connectivity index (χ2n) is 25.4. The van der Waals surface area contributed by atoms with Gasteiger partial charge in [-0.3, -0.25) is 37.3 Å². The van der Waals surface area contributed by atoms with Crippen molar-refractivity contribution in [2.45, 2.75) is 374 Å². The lowest BCUT2D eigenvalue weighted by atomic mass is 10.0. The highest BCUT2D eigenvalue weighted by Crippen LogP contribution is 2.45. The summed E-state index contributed by atoms with van der Waals surface area (Å²) in [6.45, 7) is 7.19. The average molecular weight is 1300 g/mol. The molecule has 0 saturated carbocycles. The highest BCUT2D eigenvalue weighted by atomic mass is 31.2. The topological polar surface area (TPSA) is 237 Å². The minimum atomic E-state index is -4.95. The van der Waals surface area contributed by atoms with Gasteiger partial charge in [-0.15, -0.1) is 0 Å². The predicted molar refractivity (Wildman–Crippen MR) is 354 cm³/mol. The Hall–Kier alpha value is -1.94. The Balaban J connectivity index is 5.18. The molecule has 0 saturated heterocycles. The van der Waals surface area contributed by atoms with Crippen LogP contribution >= 0.6 is 15.6 Å². The molecule has 0 spiro atoms. The first-order valence-corrected chi connectivity index (χ1v) is 39.1. The molecule has 0 rings (SSSR count). The Bertz CT molecular complexity index is 1700. The van der Waals surface area contributed by atoms with Crippen LogP contribution in [0, 0.1) is 5.92 Å². The van der Waals surface area contributed by atoms with E-state index in [2.05, 4.69) is 34.6 Å². The van der Waals surface area contributed by atoms with Crippen molar-refractivity contribution in [3.63, 3.8) is 0 Å². The number of unbranched alkanes of at least 4 members (excludes halogenated alkanes) is 41. The van der Waals surface area contributed by atoms with Crippen LogP contribution in [0.3, 0.4) is 0 Å². The van der Waals surface area contributed by atoms with Gasteiger partial charge in [-0.05, 0) is 31.6 Å². The number of ether oxygens (including phenoxy) is 4. The third-order valence-electron chi connectivity index (χ3n) is 16.0. The fourth-order valence-electron chi connectivity index (χ4n) is 10.5. The van der Waals surface area contributed by atoms with Gasteiger partial charge in [0.05, 0.1) is 26.4 Å². The van der Waals surface area contributed by atoms with E-state index >= 15 is 0 Å². The lowest BCUT2D eigenvalue weighted by Gasteiger charge is -2.21. The zero-order valence-electron chi connectivity index (χ0n) is 56.9. The first-order chi connectivity index (χ1) is 42.5. The van der Waals surface area contributed by atoms with Crippen LogP contribution in [0.1, 0.15) is 356 Å². The summed E-state index contributed by atoms with van der Waals surface area (Å²) in [5, 5.41) is 10.6. The zero-order chi connectivity index (χ0) is 64.9. The third kappa shape index (κ3) is 62.8. The molecule has 0 bridgehead atoms. The monoisotopic (exact) mass is 1300 g/mol. The van der Waals surface area contributed by atoms with E-state index in [4.69, 9.17) is 37.0 Å². The first kappa shape index (κ1) is 86.1. The Morgan fingerprint density at radius 2 is 0.523 bits per heavy atom. The van der Waals surface area contributed by atoms with Crippen molar-refractivity contribution in [3.8, 4) is 0 Å². The standard InChI is InChI=1S/C69H134O17P2/c1-6-9-12-15-18-21-22-23-24-25-26-27-28-31-35-40-45-50-55-69(74)86-65(59-80-67(72)53-48-43-39-34-32-29-30-33-36-41-46-51-62(4)5)61-84-88(77,78)82-57-63(70)56-81-87(75,76)83-60-64(85-68(73)54-49-44-38-20-17-14-11-8-3)58-79-66(71)52-47-42-37-19-16-13-10-7-2/h62-65,70H,6-61H2,1-5H3,(H,75,76)(H,77,78)/t63-,64+,65+/m0/s1. The maximum absolute atomic E-state index is 13.0. The molecule has 0 amide bonds. The molecule has 19 heteroatoms. The molecule has 522 valence electrons. The van der Waals surface area contributed by atoms with Gasteiger partial charge in [-0.2, -0.15) is 0 Å². The van der Waals surface area contributed by atoms with Crippen molar-refractivity contribution in [2.75, 3.05) is 39.6 Å². The second kappa shape index (κ2) is 62.5. The van der Waals surface area contributed by atoms with Crippen molar-refractivity contribution >= 4 is 39.5 Å². The molecule has 2 unspecified atom stereocenters. The molecule has 0 aliphatic carbocycles. The zero-order valence-corrected chi connectivity index (χ0v) is 58.6. The number of phosphoric acid groups is 2. The normalized spacial score (nSPS) is 14.1. The molecule has 0 aliphatic heterocycles. The molecule has 17 nitrogen and oxygen atoms in total. The van der Waals surface area contributed by atoms with Gasteiger partial charge in [0.25, 0.3) is 0 Å². The number of carbonyl (C=O) groups excluding carboxylic acids is 4. The number of phosphoric ester groups is 2. The quantitative estimate of drug-likeness (QED) is 0.0222. The van der Waals surface area contributed by atoms with E-state index in [1.165, 1.54) is 167 Å². The van der Waals surface area contributed by atoms with Crippen LogP contribution in [0.25, 0.3) is 0 Å². The lowest BCUT2D eigenvalue weighted by molar-refractivity contribution is -0.161. The number of esters is 4. The molecule has 0 fully saturated rings. The number of rotatable bonds is 69. The van der Waals surface area contributed by atoms with Crippen LogP contribution in [0.4, 0.5) is 0 Å². The molecule has 5 atom stereocenters. The van der Waals surface area contributed by atoms with E-state index in [1.54, 1.807) is 0 Å². The fraction of sp³-hybridized carbons (Fsp3) is 0.942. The van der Waals surface area contributed by atoms with Gasteiger partial charge >= 0.3 is 39.5 Å². The molecular formula is C69H134O17P2. The summed E-state index contributed by atoms with van der Waals surface area (Å²) in [6, 6.07) is 0. The Labute approximate surface area is 537 Å². The van der Waals surface area contributed by atoms with Crippen LogP contribution in [-0.2, 0) is 65.4 Å². The van der Waals surface area contributed by atoms with E-state index in [9.17, 15) is 43.2 Å². The third-order valence-corrected chi connectivity index (χ3v) is 17.9. The van der Waals surface area contributed by atoms with Gasteiger partial charge < -0.3 is 33.8 Å². The highest BCUT2D eigenvalue weighted by molar-refractivity contribution is 7.47. The van der Waals surface area contributed by atoms with Crippen molar-refractivity contribution in [1.29, 1.82) is 0 Å². The maximum Gasteiger partial charge on any atom is 0.472 e. The van der Waals surface area contributed by atoms with Gasteiger partial charge in [0.15, 0.2) is 12.2 Å². The Morgan fingerprint density at radius 3 is 0.773 bits per heavy atom. The summed E-state index contributed by atoms with van der Waals surface area (Å²) in [5.74, 6) is -1.36. The van der Waals surface area contributed by atoms with Crippen LogP contribution in [0.2, 0.25) is 0 Å². The highest BCUT2D eigenvalue weighted by Gasteiger charge is 2.30. The molecule has 3 N–H and O–H groups in total. The number of aliphatic hydroxyl groups excluding tert-OH is 1. The maximum atomic E-state index is 13.0. The summed E-state index contributed by atoms with van der Waals surface area (Å²) in [4.78, 5) is 72.3. The van der Waals surface area contributed by atoms with Crippen LogP contribution in [0.15, 0.2) is 0 Å². The predicted octanol–water partition coefficient (Wildman–Crippen LogP) is 19.7. The van der Waals surface area contributed by atoms with E-state index in [0.29, 0.717) is 25.7 Å². The van der Waals surface area contributed by atoms with Crippen LogP contribution in [0.5, 0.6) is 0 Å². The number of hydrogen-bond acceptors (Lipinski definition) is 15. The van der Waals surface area contributed by atoms with Crippen molar-refractivity contribution < 1.29 is 80.2 Å². The Kier molecular flexibility index (Phi) is 61.1. The summed E-state index contributed by atoms with van der Waals surface area (Å²) in [5.41, 5.74) is 0. The lowest BCUT2D eigenvalue weighted by Crippen LogP contribution is -2.30. The van der Waals surface area contributed by atoms with E-state index in [1.807, 2.05) is 0 Å². The van der Waals surface area contributed by atoms with E-state index < -0.39 is 97.5 Å². The molecule has 88 heavy (non-hydrogen) atoms. The smallest absolute Gasteiger partial charge is 0.462 e. The van der Waals surface area contributed by atoms with Gasteiger partial charge in [0.1, 0.15) is 19.3 Å². The minimum absolute atomic E-state index is 0.105. The average Bonchev–Trinajstić information content (AvgIpc) is 3.62. The molecular weight excluding hydrogens is 1160 g/mol. The van der Waals surface area contributed by atoms with Gasteiger partial charge in [-0.25, -0.2) is 9.13 Å². The van der Waals surface area contributed by atoms with E-state index in [-0.39, 0.29) is 25.7 Å². The largest absolute Gasteiger partial charge is 0.472 e. The SMILES string of the molecule is CCCCCCCCCCCCCCCCCCCCC(=O)O[C@H](COC(=O)CCCCCCCCCCCCCC(C)C)COP(=O)(O)OC[C@@H](O)COP(=O)(O)OC[C@@H](COC(=O)CCCCCCCCCC)OC(=O)CCCCCCCCCC. The molecule has 0 radical (unpaired) electrons. The summed E-state index contributed by atoms with van der Waals surface area (Å²) < 4.78 is 68.1. The molecule has 0 aliphatic rings. The molecule has 0 aromatic carbocycles.